The van der Waals surface area contributed by atoms with Gasteiger partial charge in [-0.25, -0.2) is 12.8 Å². The van der Waals surface area contributed by atoms with E-state index in [0.29, 0.717) is 36.6 Å². The van der Waals surface area contributed by atoms with Crippen LogP contribution in [0.4, 0.5) is 4.39 Å². The number of hydrogen-bond donors (Lipinski definition) is 0. The Labute approximate surface area is 180 Å². The van der Waals surface area contributed by atoms with E-state index >= 15 is 0 Å². The lowest BCUT2D eigenvalue weighted by Crippen LogP contribution is -2.40. The molecule has 3 rings (SSSR count). The monoisotopic (exact) mass is 455 g/mol. The second-order valence-electron chi connectivity index (χ2n) is 6.96. The van der Waals surface area contributed by atoms with Crippen LogP contribution >= 0.6 is 11.6 Å². The zero-order chi connectivity index (χ0) is 21.6. The van der Waals surface area contributed by atoms with Crippen LogP contribution in [0.1, 0.15) is 19.3 Å². The van der Waals surface area contributed by atoms with Gasteiger partial charge in [-0.2, -0.15) is 4.31 Å². The van der Waals surface area contributed by atoms with Gasteiger partial charge in [0, 0.05) is 24.5 Å². The number of esters is 1. The predicted octanol–water partition coefficient (Wildman–Crippen LogP) is 3.89. The van der Waals surface area contributed by atoms with Crippen LogP contribution in [-0.2, 0) is 19.6 Å². The molecule has 9 heteroatoms. The van der Waals surface area contributed by atoms with Crippen molar-refractivity contribution in [1.82, 2.24) is 4.31 Å². The highest BCUT2D eigenvalue weighted by Gasteiger charge is 2.32. The number of hydrogen-bond acceptors (Lipinski definition) is 5. The molecule has 30 heavy (non-hydrogen) atoms. The molecule has 0 bridgehead atoms. The molecule has 0 N–H and O–H groups in total. The van der Waals surface area contributed by atoms with Gasteiger partial charge in [0.05, 0.1) is 24.0 Å². The molecule has 1 saturated heterocycles. The lowest BCUT2D eigenvalue weighted by atomic mass is 9.98. The molecule has 0 unspecified atom stereocenters. The van der Waals surface area contributed by atoms with E-state index < -0.39 is 10.0 Å². The van der Waals surface area contributed by atoms with Gasteiger partial charge in [0.25, 0.3) is 0 Å². The first kappa shape index (κ1) is 22.5. The molecule has 1 fully saturated rings. The highest BCUT2D eigenvalue weighted by molar-refractivity contribution is 7.89. The molecule has 0 amide bonds. The van der Waals surface area contributed by atoms with Crippen LogP contribution in [0.15, 0.2) is 53.4 Å². The van der Waals surface area contributed by atoms with E-state index in [1.807, 2.05) is 0 Å². The fourth-order valence-corrected chi connectivity index (χ4v) is 4.75. The van der Waals surface area contributed by atoms with E-state index in [1.54, 1.807) is 12.1 Å². The predicted molar refractivity (Wildman–Crippen MR) is 110 cm³/mol. The molecule has 0 aliphatic carbocycles. The fourth-order valence-electron chi connectivity index (χ4n) is 3.16. The Morgan fingerprint density at radius 3 is 2.30 bits per heavy atom. The van der Waals surface area contributed by atoms with E-state index in [0.717, 1.165) is 0 Å². The van der Waals surface area contributed by atoms with Crippen molar-refractivity contribution in [1.29, 1.82) is 0 Å². The standard InChI is InChI=1S/C21H23ClFNO5S/c22-17-2-8-20(9-3-17)30(26,27)24-12-10-16(11-13-24)21(25)29-15-1-14-28-19-6-4-18(23)5-7-19/h2-9,16H,1,10-15H2. The first-order valence-electron chi connectivity index (χ1n) is 9.67. The Bertz CT molecular complexity index is 942. The summed E-state index contributed by atoms with van der Waals surface area (Å²) in [5.41, 5.74) is 0. The van der Waals surface area contributed by atoms with Crippen molar-refractivity contribution in [2.75, 3.05) is 26.3 Å². The number of benzene rings is 2. The summed E-state index contributed by atoms with van der Waals surface area (Å²) < 4.78 is 50.3. The molecule has 1 heterocycles. The average molecular weight is 456 g/mol. The van der Waals surface area contributed by atoms with Gasteiger partial charge < -0.3 is 9.47 Å². The Morgan fingerprint density at radius 1 is 1.03 bits per heavy atom. The van der Waals surface area contributed by atoms with Gasteiger partial charge in [0.1, 0.15) is 11.6 Å². The maximum absolute atomic E-state index is 12.8. The third-order valence-corrected chi connectivity index (χ3v) is 7.02. The zero-order valence-corrected chi connectivity index (χ0v) is 17.9. The molecule has 1 aliphatic heterocycles. The minimum absolute atomic E-state index is 0.189. The van der Waals surface area contributed by atoms with Crippen molar-refractivity contribution in [2.45, 2.75) is 24.2 Å². The Morgan fingerprint density at radius 2 is 1.67 bits per heavy atom. The third-order valence-electron chi connectivity index (χ3n) is 4.85. The van der Waals surface area contributed by atoms with E-state index in [2.05, 4.69) is 0 Å². The Kier molecular flexibility index (Phi) is 7.69. The SMILES string of the molecule is O=C(OCCCOc1ccc(F)cc1)C1CCN(S(=O)(=O)c2ccc(Cl)cc2)CC1. The number of carbonyl (C=O) groups excluding carboxylic acids is 1. The molecule has 0 aromatic heterocycles. The van der Waals surface area contributed by atoms with E-state index in [9.17, 15) is 17.6 Å². The van der Waals surface area contributed by atoms with Crippen LogP contribution in [0.5, 0.6) is 5.75 Å². The fraction of sp³-hybridized carbons (Fsp3) is 0.381. The van der Waals surface area contributed by atoms with Gasteiger partial charge >= 0.3 is 5.97 Å². The van der Waals surface area contributed by atoms with E-state index in [4.69, 9.17) is 21.1 Å². The summed E-state index contributed by atoms with van der Waals surface area (Å²) in [5.74, 6) is -0.416. The van der Waals surface area contributed by atoms with Crippen molar-refractivity contribution in [3.05, 3.63) is 59.4 Å². The smallest absolute Gasteiger partial charge is 0.309 e. The van der Waals surface area contributed by atoms with E-state index in [-0.39, 0.29) is 42.3 Å². The van der Waals surface area contributed by atoms with Crippen LogP contribution in [0.3, 0.4) is 0 Å². The summed E-state index contributed by atoms with van der Waals surface area (Å²) in [4.78, 5) is 12.4. The number of ether oxygens (including phenoxy) is 2. The van der Waals surface area contributed by atoms with Crippen LogP contribution < -0.4 is 4.74 Å². The molecule has 2 aromatic rings. The zero-order valence-electron chi connectivity index (χ0n) is 16.3. The van der Waals surface area contributed by atoms with Crippen molar-refractivity contribution >= 4 is 27.6 Å². The summed E-state index contributed by atoms with van der Waals surface area (Å²) in [6.07, 6.45) is 1.34. The molecule has 0 radical (unpaired) electrons. The molecule has 6 nitrogen and oxygen atoms in total. The van der Waals surface area contributed by atoms with Gasteiger partial charge in [0.2, 0.25) is 10.0 Å². The topological polar surface area (TPSA) is 72.9 Å². The Hall–Kier alpha value is -2.16. The van der Waals surface area contributed by atoms with Crippen molar-refractivity contribution in [3.63, 3.8) is 0 Å². The number of carbonyl (C=O) groups is 1. The summed E-state index contributed by atoms with van der Waals surface area (Å²) in [7, 11) is -3.60. The van der Waals surface area contributed by atoms with Crippen LogP contribution in [-0.4, -0.2) is 45.0 Å². The number of rotatable bonds is 8. The first-order valence-corrected chi connectivity index (χ1v) is 11.5. The minimum atomic E-state index is -3.60. The van der Waals surface area contributed by atoms with Gasteiger partial charge in [0.15, 0.2) is 0 Å². The lowest BCUT2D eigenvalue weighted by Gasteiger charge is -2.30. The van der Waals surface area contributed by atoms with Crippen LogP contribution in [0.2, 0.25) is 5.02 Å². The maximum atomic E-state index is 12.8. The van der Waals surface area contributed by atoms with Crippen molar-refractivity contribution in [3.8, 4) is 5.75 Å². The molecular formula is C21H23ClFNO5S. The second-order valence-corrected chi connectivity index (χ2v) is 9.33. The molecule has 1 aliphatic rings. The summed E-state index contributed by atoms with van der Waals surface area (Å²) >= 11 is 5.82. The lowest BCUT2D eigenvalue weighted by molar-refractivity contribution is -0.150. The van der Waals surface area contributed by atoms with Crippen LogP contribution in [0.25, 0.3) is 0 Å². The summed E-state index contributed by atoms with van der Waals surface area (Å²) in [5, 5.41) is 0.471. The number of nitrogens with zero attached hydrogens (tertiary/aromatic N) is 1. The quantitative estimate of drug-likeness (QED) is 0.446. The molecule has 2 aromatic carbocycles. The molecular weight excluding hydrogens is 433 g/mol. The Balaban J connectivity index is 1.38. The van der Waals surface area contributed by atoms with Gasteiger partial charge in [-0.3, -0.25) is 4.79 Å². The number of piperidine rings is 1. The highest BCUT2D eigenvalue weighted by atomic mass is 35.5. The number of halogens is 2. The van der Waals surface area contributed by atoms with Crippen molar-refractivity contribution < 1.29 is 27.1 Å². The largest absolute Gasteiger partial charge is 0.493 e. The van der Waals surface area contributed by atoms with Gasteiger partial charge in [-0.15, -0.1) is 0 Å². The van der Waals surface area contributed by atoms with Crippen LogP contribution in [0, 0.1) is 11.7 Å². The molecule has 0 atom stereocenters. The average Bonchev–Trinajstić information content (AvgIpc) is 2.75. The molecule has 162 valence electrons. The minimum Gasteiger partial charge on any atom is -0.493 e. The summed E-state index contributed by atoms with van der Waals surface area (Å²) in [6, 6.07) is 11.7. The van der Waals surface area contributed by atoms with Gasteiger partial charge in [-0.05, 0) is 61.4 Å². The number of sulfonamides is 1. The second kappa shape index (κ2) is 10.2. The highest BCUT2D eigenvalue weighted by Crippen LogP contribution is 2.25. The maximum Gasteiger partial charge on any atom is 0.309 e. The van der Waals surface area contributed by atoms with E-state index in [1.165, 1.54) is 40.7 Å². The molecule has 0 spiro atoms. The van der Waals surface area contributed by atoms with Crippen molar-refractivity contribution in [2.24, 2.45) is 5.92 Å². The normalized spacial score (nSPS) is 15.7. The van der Waals surface area contributed by atoms with Gasteiger partial charge in [-0.1, -0.05) is 11.6 Å². The first-order chi connectivity index (χ1) is 14.4. The molecule has 0 saturated carbocycles. The third kappa shape index (κ3) is 5.93. The summed E-state index contributed by atoms with van der Waals surface area (Å²) in [6.45, 7) is 1.08.